The van der Waals surface area contributed by atoms with Crippen LogP contribution < -0.4 is 5.73 Å². The van der Waals surface area contributed by atoms with E-state index in [9.17, 15) is 0 Å². The number of methoxy groups -OCH3 is 1. The van der Waals surface area contributed by atoms with Gasteiger partial charge in [-0.25, -0.2) is 0 Å². The molecule has 1 rings (SSSR count). The van der Waals surface area contributed by atoms with E-state index in [4.69, 9.17) is 15.2 Å². The maximum Gasteiger partial charge on any atom is 0.0849 e. The van der Waals surface area contributed by atoms with Gasteiger partial charge in [0.05, 0.1) is 17.8 Å². The summed E-state index contributed by atoms with van der Waals surface area (Å²) in [5.41, 5.74) is 5.55. The average Bonchev–Trinajstić information content (AvgIpc) is 2.02. The highest BCUT2D eigenvalue weighted by Gasteiger charge is 2.37. The summed E-state index contributed by atoms with van der Waals surface area (Å²) in [6, 6.07) is 0. The van der Waals surface area contributed by atoms with Gasteiger partial charge in [0.25, 0.3) is 0 Å². The first-order chi connectivity index (χ1) is 5.62. The van der Waals surface area contributed by atoms with E-state index in [-0.39, 0.29) is 17.8 Å². The van der Waals surface area contributed by atoms with Crippen LogP contribution in [0.5, 0.6) is 0 Å². The van der Waals surface area contributed by atoms with Crippen molar-refractivity contribution in [2.75, 3.05) is 13.7 Å². The van der Waals surface area contributed by atoms with Crippen molar-refractivity contribution in [1.82, 2.24) is 0 Å². The van der Waals surface area contributed by atoms with E-state index in [1.807, 2.05) is 0 Å². The molecule has 1 heterocycles. The Labute approximate surface area is 74.2 Å². The molecule has 0 spiro atoms. The SMILES string of the molecule is COC1(CN)CC(C)OC(C)C1. The Hall–Kier alpha value is -0.120. The van der Waals surface area contributed by atoms with Gasteiger partial charge in [0.1, 0.15) is 0 Å². The highest BCUT2D eigenvalue weighted by molar-refractivity contribution is 4.89. The van der Waals surface area contributed by atoms with Crippen LogP contribution in [0.15, 0.2) is 0 Å². The molecule has 0 aromatic heterocycles. The minimum Gasteiger partial charge on any atom is -0.377 e. The molecule has 3 nitrogen and oxygen atoms in total. The lowest BCUT2D eigenvalue weighted by Gasteiger charge is -2.41. The van der Waals surface area contributed by atoms with E-state index in [0.29, 0.717) is 6.54 Å². The van der Waals surface area contributed by atoms with Crippen molar-refractivity contribution in [2.45, 2.75) is 44.5 Å². The van der Waals surface area contributed by atoms with Gasteiger partial charge < -0.3 is 15.2 Å². The summed E-state index contributed by atoms with van der Waals surface area (Å²) in [5.74, 6) is 0. The normalized spacial score (nSPS) is 43.0. The molecule has 0 radical (unpaired) electrons. The zero-order valence-corrected chi connectivity index (χ0v) is 8.17. The maximum absolute atomic E-state index is 5.69. The Bertz CT molecular complexity index is 133. The van der Waals surface area contributed by atoms with Gasteiger partial charge in [0.2, 0.25) is 0 Å². The second kappa shape index (κ2) is 3.73. The molecule has 0 aromatic carbocycles. The summed E-state index contributed by atoms with van der Waals surface area (Å²) < 4.78 is 11.1. The first-order valence-electron chi connectivity index (χ1n) is 4.52. The molecule has 72 valence electrons. The van der Waals surface area contributed by atoms with Crippen molar-refractivity contribution in [3.63, 3.8) is 0 Å². The van der Waals surface area contributed by atoms with E-state index >= 15 is 0 Å². The van der Waals surface area contributed by atoms with Crippen LogP contribution >= 0.6 is 0 Å². The van der Waals surface area contributed by atoms with Crippen LogP contribution in [-0.4, -0.2) is 31.5 Å². The molecule has 2 atom stereocenters. The Morgan fingerprint density at radius 2 is 1.92 bits per heavy atom. The van der Waals surface area contributed by atoms with Crippen molar-refractivity contribution in [3.05, 3.63) is 0 Å². The lowest BCUT2D eigenvalue weighted by molar-refractivity contribution is -0.142. The zero-order valence-electron chi connectivity index (χ0n) is 8.17. The summed E-state index contributed by atoms with van der Waals surface area (Å²) in [7, 11) is 1.73. The molecule has 1 saturated heterocycles. The highest BCUT2D eigenvalue weighted by atomic mass is 16.5. The molecule has 2 N–H and O–H groups in total. The highest BCUT2D eigenvalue weighted by Crippen LogP contribution is 2.30. The molecule has 12 heavy (non-hydrogen) atoms. The topological polar surface area (TPSA) is 44.5 Å². The third kappa shape index (κ3) is 1.97. The van der Waals surface area contributed by atoms with Gasteiger partial charge in [-0.05, 0) is 13.8 Å². The Morgan fingerprint density at radius 3 is 2.25 bits per heavy atom. The summed E-state index contributed by atoms with van der Waals surface area (Å²) in [6.45, 7) is 4.72. The van der Waals surface area contributed by atoms with Gasteiger partial charge in [-0.3, -0.25) is 0 Å². The zero-order chi connectivity index (χ0) is 9.19. The quantitative estimate of drug-likeness (QED) is 0.675. The van der Waals surface area contributed by atoms with Crippen molar-refractivity contribution in [3.8, 4) is 0 Å². The summed E-state index contributed by atoms with van der Waals surface area (Å²) >= 11 is 0. The van der Waals surface area contributed by atoms with E-state index in [1.165, 1.54) is 0 Å². The predicted octanol–water partition coefficient (Wildman–Crippen LogP) is 0.918. The Morgan fingerprint density at radius 1 is 1.42 bits per heavy atom. The van der Waals surface area contributed by atoms with Gasteiger partial charge in [0.15, 0.2) is 0 Å². The smallest absolute Gasteiger partial charge is 0.0849 e. The second-order valence-electron chi connectivity index (χ2n) is 3.76. The first kappa shape index (κ1) is 9.96. The molecule has 0 aliphatic carbocycles. The molecule has 3 heteroatoms. The summed E-state index contributed by atoms with van der Waals surface area (Å²) in [4.78, 5) is 0. The van der Waals surface area contributed by atoms with E-state index in [2.05, 4.69) is 13.8 Å². The third-order valence-electron chi connectivity index (χ3n) is 2.59. The molecular weight excluding hydrogens is 154 g/mol. The van der Waals surface area contributed by atoms with E-state index in [0.717, 1.165) is 12.8 Å². The van der Waals surface area contributed by atoms with E-state index in [1.54, 1.807) is 7.11 Å². The van der Waals surface area contributed by atoms with Crippen LogP contribution in [0, 0.1) is 0 Å². The third-order valence-corrected chi connectivity index (χ3v) is 2.59. The van der Waals surface area contributed by atoms with Crippen LogP contribution in [0.25, 0.3) is 0 Å². The van der Waals surface area contributed by atoms with Gasteiger partial charge in [-0.1, -0.05) is 0 Å². The number of nitrogens with two attached hydrogens (primary N) is 1. The van der Waals surface area contributed by atoms with Crippen molar-refractivity contribution in [2.24, 2.45) is 5.73 Å². The van der Waals surface area contributed by atoms with E-state index < -0.39 is 0 Å². The number of rotatable bonds is 2. The molecule has 0 amide bonds. The fraction of sp³-hybridized carbons (Fsp3) is 1.00. The van der Waals surface area contributed by atoms with Crippen LogP contribution in [0.1, 0.15) is 26.7 Å². The molecular formula is C9H19NO2. The number of hydrogen-bond donors (Lipinski definition) is 1. The molecule has 0 aromatic rings. The van der Waals surface area contributed by atoms with Crippen LogP contribution in [0.2, 0.25) is 0 Å². The maximum atomic E-state index is 5.69. The molecule has 0 bridgehead atoms. The molecule has 1 aliphatic heterocycles. The fourth-order valence-corrected chi connectivity index (χ4v) is 2.04. The first-order valence-corrected chi connectivity index (χ1v) is 4.52. The predicted molar refractivity (Wildman–Crippen MR) is 48.0 cm³/mol. The summed E-state index contributed by atoms with van der Waals surface area (Å²) in [5, 5.41) is 0. The Kier molecular flexibility index (Phi) is 3.09. The minimum atomic E-state index is -0.142. The summed E-state index contributed by atoms with van der Waals surface area (Å²) in [6.07, 6.45) is 2.34. The molecule has 1 fully saturated rings. The molecule has 0 saturated carbocycles. The van der Waals surface area contributed by atoms with Crippen molar-refractivity contribution in [1.29, 1.82) is 0 Å². The molecule has 2 unspecified atom stereocenters. The van der Waals surface area contributed by atoms with Crippen LogP contribution in [-0.2, 0) is 9.47 Å². The Balaban J connectivity index is 2.62. The van der Waals surface area contributed by atoms with Gasteiger partial charge >= 0.3 is 0 Å². The largest absolute Gasteiger partial charge is 0.377 e. The molecule has 1 aliphatic rings. The van der Waals surface area contributed by atoms with Crippen molar-refractivity contribution < 1.29 is 9.47 Å². The van der Waals surface area contributed by atoms with Crippen molar-refractivity contribution >= 4 is 0 Å². The van der Waals surface area contributed by atoms with Crippen LogP contribution in [0.4, 0.5) is 0 Å². The standard InChI is InChI=1S/C9H19NO2/c1-7-4-9(6-10,11-3)5-8(2)12-7/h7-8H,4-6,10H2,1-3H3. The average molecular weight is 173 g/mol. The monoisotopic (exact) mass is 173 g/mol. The van der Waals surface area contributed by atoms with Gasteiger partial charge in [-0.2, -0.15) is 0 Å². The van der Waals surface area contributed by atoms with Gasteiger partial charge in [0, 0.05) is 26.5 Å². The number of ether oxygens (including phenoxy) is 2. The van der Waals surface area contributed by atoms with Crippen LogP contribution in [0.3, 0.4) is 0 Å². The van der Waals surface area contributed by atoms with Gasteiger partial charge in [-0.15, -0.1) is 0 Å². The fourth-order valence-electron chi connectivity index (χ4n) is 2.04. The lowest BCUT2D eigenvalue weighted by atomic mass is 9.87. The number of hydrogen-bond acceptors (Lipinski definition) is 3. The minimum absolute atomic E-state index is 0.142. The second-order valence-corrected chi connectivity index (χ2v) is 3.76. The lowest BCUT2D eigenvalue weighted by Crippen LogP contribution is -2.49.